The molecule has 5 nitrogen and oxygen atoms in total. The van der Waals surface area contributed by atoms with Gasteiger partial charge >= 0.3 is 0 Å². The van der Waals surface area contributed by atoms with Crippen LogP contribution in [0.3, 0.4) is 0 Å². The molecule has 1 aliphatic heterocycles. The number of benzene rings is 1. The fraction of sp³-hybridized carbons (Fsp3) is 0.357. The summed E-state index contributed by atoms with van der Waals surface area (Å²) in [6, 6.07) is 7.96. The highest BCUT2D eigenvalue weighted by Gasteiger charge is 2.27. The van der Waals surface area contributed by atoms with Gasteiger partial charge in [-0.1, -0.05) is 29.5 Å². The van der Waals surface area contributed by atoms with Crippen LogP contribution in [0.25, 0.3) is 0 Å². The maximum Gasteiger partial charge on any atom is 0.172 e. The third-order valence-corrected chi connectivity index (χ3v) is 3.29. The first-order valence-electron chi connectivity index (χ1n) is 6.31. The fourth-order valence-corrected chi connectivity index (χ4v) is 2.41. The molecule has 0 bridgehead atoms. The van der Waals surface area contributed by atoms with Gasteiger partial charge in [0.25, 0.3) is 0 Å². The van der Waals surface area contributed by atoms with Crippen LogP contribution < -0.4 is 0 Å². The molecule has 0 saturated heterocycles. The van der Waals surface area contributed by atoms with Gasteiger partial charge in [0.2, 0.25) is 0 Å². The van der Waals surface area contributed by atoms with Gasteiger partial charge in [-0.2, -0.15) is 0 Å². The van der Waals surface area contributed by atoms with Gasteiger partial charge in [-0.15, -0.1) is 5.10 Å². The number of hydrogen-bond acceptors (Lipinski definition) is 4. The third kappa shape index (κ3) is 2.42. The van der Waals surface area contributed by atoms with Crippen molar-refractivity contribution in [2.24, 2.45) is 7.05 Å². The van der Waals surface area contributed by atoms with Crippen molar-refractivity contribution in [3.05, 3.63) is 47.3 Å². The number of aromatic nitrogens is 3. The average molecular weight is 257 g/mol. The fourth-order valence-electron chi connectivity index (χ4n) is 2.41. The number of fused-ring (bicyclic) bond motifs is 1. The standard InChI is InChI=1S/C14H15N3O2/c1-17-9-11(15-16-17)8-13(18)14-12-5-3-2-4-10(12)6-7-19-14/h2-5,9,14H,6-8H2,1H3. The van der Waals surface area contributed by atoms with Crippen molar-refractivity contribution in [3.8, 4) is 0 Å². The van der Waals surface area contributed by atoms with Gasteiger partial charge in [-0.3, -0.25) is 9.48 Å². The van der Waals surface area contributed by atoms with Crippen molar-refractivity contribution in [2.45, 2.75) is 18.9 Å². The maximum absolute atomic E-state index is 12.3. The summed E-state index contributed by atoms with van der Waals surface area (Å²) in [7, 11) is 1.79. The van der Waals surface area contributed by atoms with Gasteiger partial charge in [0.15, 0.2) is 5.78 Å². The quantitative estimate of drug-likeness (QED) is 0.830. The number of carbonyl (C=O) groups is 1. The Morgan fingerprint density at radius 1 is 1.47 bits per heavy atom. The Morgan fingerprint density at radius 2 is 2.32 bits per heavy atom. The van der Waals surface area contributed by atoms with E-state index in [9.17, 15) is 4.79 Å². The molecule has 0 saturated carbocycles. The van der Waals surface area contributed by atoms with Crippen molar-refractivity contribution < 1.29 is 9.53 Å². The number of aryl methyl sites for hydroxylation is 1. The predicted octanol–water partition coefficient (Wildman–Crippen LogP) is 1.24. The third-order valence-electron chi connectivity index (χ3n) is 3.29. The van der Waals surface area contributed by atoms with Crippen LogP contribution in [0.5, 0.6) is 0 Å². The van der Waals surface area contributed by atoms with E-state index in [-0.39, 0.29) is 12.2 Å². The Balaban J connectivity index is 1.81. The van der Waals surface area contributed by atoms with Gasteiger partial charge < -0.3 is 4.74 Å². The number of nitrogens with zero attached hydrogens (tertiary/aromatic N) is 3. The molecule has 98 valence electrons. The van der Waals surface area contributed by atoms with E-state index in [1.807, 2.05) is 18.2 Å². The Kier molecular flexibility index (Phi) is 3.13. The molecule has 2 heterocycles. The van der Waals surface area contributed by atoms with Crippen LogP contribution in [0.15, 0.2) is 30.5 Å². The lowest BCUT2D eigenvalue weighted by atomic mass is 9.94. The van der Waals surface area contributed by atoms with Crippen LogP contribution in [-0.2, 0) is 29.4 Å². The normalized spacial score (nSPS) is 18.1. The number of ketones is 1. The van der Waals surface area contributed by atoms with E-state index >= 15 is 0 Å². The molecule has 0 radical (unpaired) electrons. The summed E-state index contributed by atoms with van der Waals surface area (Å²) in [6.45, 7) is 0.591. The summed E-state index contributed by atoms with van der Waals surface area (Å²) in [5, 5.41) is 7.78. The molecular weight excluding hydrogens is 242 g/mol. The molecule has 2 aromatic rings. The Bertz CT molecular complexity index is 606. The van der Waals surface area contributed by atoms with E-state index < -0.39 is 6.10 Å². The zero-order chi connectivity index (χ0) is 13.2. The summed E-state index contributed by atoms with van der Waals surface area (Å²) >= 11 is 0. The smallest absolute Gasteiger partial charge is 0.172 e. The molecule has 0 spiro atoms. The number of carbonyl (C=O) groups excluding carboxylic acids is 1. The predicted molar refractivity (Wildman–Crippen MR) is 68.6 cm³/mol. The molecule has 19 heavy (non-hydrogen) atoms. The van der Waals surface area contributed by atoms with Crippen molar-refractivity contribution in [1.82, 2.24) is 15.0 Å². The maximum atomic E-state index is 12.3. The van der Waals surface area contributed by atoms with E-state index in [1.165, 1.54) is 5.56 Å². The van der Waals surface area contributed by atoms with Crippen molar-refractivity contribution >= 4 is 5.78 Å². The largest absolute Gasteiger partial charge is 0.365 e. The molecule has 0 fully saturated rings. The highest BCUT2D eigenvalue weighted by atomic mass is 16.5. The molecule has 0 aliphatic carbocycles. The minimum absolute atomic E-state index is 0.0349. The van der Waals surface area contributed by atoms with Crippen LogP contribution >= 0.6 is 0 Å². The van der Waals surface area contributed by atoms with Gasteiger partial charge in [-0.05, 0) is 17.5 Å². The number of ether oxygens (including phenoxy) is 1. The number of Topliss-reactive ketones (excluding diaryl/α,β-unsaturated/α-hetero) is 1. The molecule has 5 heteroatoms. The van der Waals surface area contributed by atoms with Crippen LogP contribution in [0.2, 0.25) is 0 Å². The second-order valence-corrected chi connectivity index (χ2v) is 4.73. The van der Waals surface area contributed by atoms with Crippen LogP contribution in [0.4, 0.5) is 0 Å². The zero-order valence-corrected chi connectivity index (χ0v) is 10.7. The molecule has 1 unspecified atom stereocenters. The molecule has 1 atom stereocenters. The van der Waals surface area contributed by atoms with Gasteiger partial charge in [-0.25, -0.2) is 0 Å². The summed E-state index contributed by atoms with van der Waals surface area (Å²) in [5.74, 6) is 0.0349. The SMILES string of the molecule is Cn1cc(CC(=O)C2OCCc3ccccc32)nn1. The topological polar surface area (TPSA) is 57.0 Å². The Morgan fingerprint density at radius 3 is 3.11 bits per heavy atom. The zero-order valence-electron chi connectivity index (χ0n) is 10.7. The van der Waals surface area contributed by atoms with E-state index in [2.05, 4.69) is 16.4 Å². The number of hydrogen-bond donors (Lipinski definition) is 0. The average Bonchev–Trinajstić information content (AvgIpc) is 2.83. The van der Waals surface area contributed by atoms with Crippen LogP contribution in [-0.4, -0.2) is 27.4 Å². The molecule has 0 amide bonds. The second kappa shape index (κ2) is 4.93. The van der Waals surface area contributed by atoms with Crippen LogP contribution in [0.1, 0.15) is 22.9 Å². The first-order chi connectivity index (χ1) is 9.24. The lowest BCUT2D eigenvalue weighted by molar-refractivity contribution is -0.131. The van der Waals surface area contributed by atoms with Gasteiger partial charge in [0, 0.05) is 13.2 Å². The van der Waals surface area contributed by atoms with E-state index in [1.54, 1.807) is 17.9 Å². The highest BCUT2D eigenvalue weighted by Crippen LogP contribution is 2.28. The number of rotatable bonds is 3. The minimum atomic E-state index is -0.466. The molecule has 1 aliphatic rings. The molecule has 1 aromatic heterocycles. The molecule has 3 rings (SSSR count). The lowest BCUT2D eigenvalue weighted by Crippen LogP contribution is -2.24. The minimum Gasteiger partial charge on any atom is -0.365 e. The second-order valence-electron chi connectivity index (χ2n) is 4.73. The van der Waals surface area contributed by atoms with E-state index in [4.69, 9.17) is 4.74 Å². The van der Waals surface area contributed by atoms with Crippen molar-refractivity contribution in [3.63, 3.8) is 0 Å². The van der Waals surface area contributed by atoms with Gasteiger partial charge in [0.1, 0.15) is 6.10 Å². The summed E-state index contributed by atoms with van der Waals surface area (Å²) in [5.41, 5.74) is 2.87. The van der Waals surface area contributed by atoms with E-state index in [0.717, 1.165) is 12.0 Å². The summed E-state index contributed by atoms with van der Waals surface area (Å²) in [6.07, 6.45) is 2.41. The lowest BCUT2D eigenvalue weighted by Gasteiger charge is -2.24. The van der Waals surface area contributed by atoms with Crippen molar-refractivity contribution in [1.29, 1.82) is 0 Å². The van der Waals surface area contributed by atoms with Crippen LogP contribution in [0, 0.1) is 0 Å². The molecule has 1 aromatic carbocycles. The summed E-state index contributed by atoms with van der Waals surface area (Å²) in [4.78, 5) is 12.3. The first-order valence-corrected chi connectivity index (χ1v) is 6.31. The van der Waals surface area contributed by atoms with Crippen molar-refractivity contribution in [2.75, 3.05) is 6.61 Å². The Hall–Kier alpha value is -2.01. The molecule has 0 N–H and O–H groups in total. The van der Waals surface area contributed by atoms with E-state index in [0.29, 0.717) is 12.3 Å². The highest BCUT2D eigenvalue weighted by molar-refractivity contribution is 5.86. The first kappa shape index (κ1) is 12.0. The summed E-state index contributed by atoms with van der Waals surface area (Å²) < 4.78 is 7.24. The Labute approximate surface area is 111 Å². The van der Waals surface area contributed by atoms with Gasteiger partial charge in [0.05, 0.1) is 18.7 Å². The monoisotopic (exact) mass is 257 g/mol. The molecular formula is C14H15N3O2.